The zero-order valence-electron chi connectivity index (χ0n) is 13.2. The van der Waals surface area contributed by atoms with Gasteiger partial charge in [-0.3, -0.25) is 9.99 Å². The van der Waals surface area contributed by atoms with Gasteiger partial charge >= 0.3 is 0 Å². The van der Waals surface area contributed by atoms with Crippen molar-refractivity contribution in [1.29, 1.82) is 0 Å². The Balaban J connectivity index is 1.67. The Morgan fingerprint density at radius 1 is 1.21 bits per heavy atom. The molecule has 0 aliphatic carbocycles. The van der Waals surface area contributed by atoms with E-state index in [0.29, 0.717) is 11.8 Å². The van der Waals surface area contributed by atoms with E-state index >= 15 is 0 Å². The Hall–Kier alpha value is -2.16. The second kappa shape index (κ2) is 6.76. The fraction of sp³-hybridized carbons (Fsp3) is 0.312. The van der Waals surface area contributed by atoms with Gasteiger partial charge in [-0.1, -0.05) is 35.1 Å². The molecule has 1 aliphatic heterocycles. The van der Waals surface area contributed by atoms with Gasteiger partial charge in [0.2, 0.25) is 0 Å². The number of aromatic nitrogens is 4. The third kappa shape index (κ3) is 3.08. The lowest BCUT2D eigenvalue weighted by Gasteiger charge is -2.13. The Labute approximate surface area is 143 Å². The van der Waals surface area contributed by atoms with Crippen LogP contribution in [0.3, 0.4) is 0 Å². The second-order valence-corrected chi connectivity index (χ2v) is 6.71. The lowest BCUT2D eigenvalue weighted by atomic mass is 10.1. The predicted molar refractivity (Wildman–Crippen MR) is 90.5 cm³/mol. The van der Waals surface area contributed by atoms with Crippen molar-refractivity contribution < 1.29 is 4.52 Å². The van der Waals surface area contributed by atoms with Crippen LogP contribution in [0.1, 0.15) is 30.9 Å². The molecule has 124 valence electrons. The third-order valence-corrected chi connectivity index (χ3v) is 4.88. The Morgan fingerprint density at radius 2 is 2.08 bits per heavy atom. The van der Waals surface area contributed by atoms with Gasteiger partial charge in [0.15, 0.2) is 11.0 Å². The van der Waals surface area contributed by atoms with Crippen LogP contribution >= 0.6 is 11.8 Å². The molecule has 0 spiro atoms. The number of hydrogen-bond donors (Lipinski definition) is 2. The first-order valence-electron chi connectivity index (χ1n) is 7.85. The number of hydrazine groups is 1. The summed E-state index contributed by atoms with van der Waals surface area (Å²) in [4.78, 5) is 0. The third-order valence-electron chi connectivity index (χ3n) is 3.92. The summed E-state index contributed by atoms with van der Waals surface area (Å²) in [5.74, 6) is 1.61. The summed E-state index contributed by atoms with van der Waals surface area (Å²) in [5, 5.41) is 13.7. The molecule has 0 amide bonds. The summed E-state index contributed by atoms with van der Waals surface area (Å²) in [7, 11) is 0. The van der Waals surface area contributed by atoms with E-state index in [9.17, 15) is 0 Å². The maximum Gasteiger partial charge on any atom is 0.196 e. The summed E-state index contributed by atoms with van der Waals surface area (Å²) in [6.07, 6.45) is 2.55. The Morgan fingerprint density at radius 3 is 2.79 bits per heavy atom. The van der Waals surface area contributed by atoms with Crippen LogP contribution in [-0.2, 0) is 5.75 Å². The van der Waals surface area contributed by atoms with E-state index in [1.54, 1.807) is 18.0 Å². The monoisotopic (exact) mass is 342 g/mol. The van der Waals surface area contributed by atoms with Crippen LogP contribution in [-0.4, -0.2) is 26.0 Å². The molecule has 2 N–H and O–H groups in total. The molecule has 7 nitrogen and oxygen atoms in total. The summed E-state index contributed by atoms with van der Waals surface area (Å²) in [5.41, 5.74) is 8.50. The maximum absolute atomic E-state index is 4.89. The quantitative estimate of drug-likeness (QED) is 0.689. The molecule has 0 saturated carbocycles. The molecule has 1 aliphatic rings. The molecule has 3 heterocycles. The summed E-state index contributed by atoms with van der Waals surface area (Å²) >= 11 is 1.60. The van der Waals surface area contributed by atoms with E-state index in [2.05, 4.69) is 49.8 Å². The van der Waals surface area contributed by atoms with Gasteiger partial charge in [0.1, 0.15) is 6.26 Å². The van der Waals surface area contributed by atoms with Crippen LogP contribution in [0.2, 0.25) is 0 Å². The zero-order valence-corrected chi connectivity index (χ0v) is 14.0. The molecular formula is C16H18N6OS. The molecule has 1 saturated heterocycles. The number of hydrogen-bond acceptors (Lipinski definition) is 7. The first-order chi connectivity index (χ1) is 11.8. The lowest BCUT2D eigenvalue weighted by Crippen LogP contribution is -2.29. The van der Waals surface area contributed by atoms with E-state index in [0.717, 1.165) is 28.8 Å². The average molecular weight is 342 g/mol. The first kappa shape index (κ1) is 15.4. The van der Waals surface area contributed by atoms with Crippen molar-refractivity contribution in [3.63, 3.8) is 0 Å². The van der Waals surface area contributed by atoms with Crippen LogP contribution in [0, 0.1) is 0 Å². The SMILES string of the molecule is CC1CC(c2nnc(SCc3ccon3)n2-c2ccccc2)NN1. The molecule has 2 aromatic heterocycles. The molecule has 0 bridgehead atoms. The van der Waals surface area contributed by atoms with Crippen molar-refractivity contribution in [3.05, 3.63) is 54.2 Å². The van der Waals surface area contributed by atoms with Crippen molar-refractivity contribution in [2.45, 2.75) is 36.3 Å². The van der Waals surface area contributed by atoms with Crippen LogP contribution < -0.4 is 10.9 Å². The standard InChI is InChI=1S/C16H18N6OS/c1-11-9-14(18-17-11)15-19-20-16(24-10-12-7-8-23-21-12)22(15)13-5-3-2-4-6-13/h2-8,11,14,17-18H,9-10H2,1H3. The highest BCUT2D eigenvalue weighted by molar-refractivity contribution is 7.98. The molecule has 1 aromatic carbocycles. The largest absolute Gasteiger partial charge is 0.364 e. The van der Waals surface area contributed by atoms with Crippen molar-refractivity contribution in [1.82, 2.24) is 30.8 Å². The van der Waals surface area contributed by atoms with Gasteiger partial charge in [0.25, 0.3) is 0 Å². The second-order valence-electron chi connectivity index (χ2n) is 5.77. The van der Waals surface area contributed by atoms with Gasteiger partial charge in [-0.15, -0.1) is 10.2 Å². The van der Waals surface area contributed by atoms with Gasteiger partial charge < -0.3 is 4.52 Å². The molecule has 2 atom stereocenters. The minimum atomic E-state index is 0.133. The Bertz CT molecular complexity index is 788. The highest BCUT2D eigenvalue weighted by Gasteiger charge is 2.28. The number of nitrogens with one attached hydrogen (secondary N) is 2. The fourth-order valence-corrected chi connectivity index (χ4v) is 3.61. The zero-order chi connectivity index (χ0) is 16.4. The number of nitrogens with zero attached hydrogens (tertiary/aromatic N) is 4. The smallest absolute Gasteiger partial charge is 0.196 e. The first-order valence-corrected chi connectivity index (χ1v) is 8.83. The number of benzene rings is 1. The van der Waals surface area contributed by atoms with Gasteiger partial charge in [0, 0.05) is 23.5 Å². The van der Waals surface area contributed by atoms with Crippen LogP contribution in [0.4, 0.5) is 0 Å². The molecule has 3 aromatic rings. The van der Waals surface area contributed by atoms with Gasteiger partial charge in [-0.2, -0.15) is 0 Å². The molecule has 0 radical (unpaired) electrons. The molecular weight excluding hydrogens is 324 g/mol. The van der Waals surface area contributed by atoms with Crippen LogP contribution in [0.25, 0.3) is 5.69 Å². The van der Waals surface area contributed by atoms with Gasteiger partial charge in [-0.05, 0) is 25.5 Å². The molecule has 1 fully saturated rings. The Kier molecular flexibility index (Phi) is 4.33. The predicted octanol–water partition coefficient (Wildman–Crippen LogP) is 2.48. The summed E-state index contributed by atoms with van der Waals surface area (Å²) in [6, 6.07) is 12.6. The molecule has 8 heteroatoms. The summed E-state index contributed by atoms with van der Waals surface area (Å²) in [6.45, 7) is 2.15. The van der Waals surface area contributed by atoms with E-state index in [1.807, 2.05) is 24.3 Å². The highest BCUT2D eigenvalue weighted by Crippen LogP contribution is 2.29. The number of thioether (sulfide) groups is 1. The lowest BCUT2D eigenvalue weighted by molar-refractivity contribution is 0.414. The number of rotatable bonds is 5. The number of para-hydroxylation sites is 1. The van der Waals surface area contributed by atoms with E-state index in [1.165, 1.54) is 0 Å². The molecule has 4 rings (SSSR count). The highest BCUT2D eigenvalue weighted by atomic mass is 32.2. The average Bonchev–Trinajstić information content (AvgIpc) is 3.34. The van der Waals surface area contributed by atoms with Gasteiger partial charge in [0.05, 0.1) is 11.7 Å². The maximum atomic E-state index is 4.89. The fourth-order valence-electron chi connectivity index (χ4n) is 2.75. The van der Waals surface area contributed by atoms with Crippen LogP contribution in [0.5, 0.6) is 0 Å². The minimum absolute atomic E-state index is 0.133. The van der Waals surface area contributed by atoms with Gasteiger partial charge in [-0.25, -0.2) is 5.43 Å². The van der Waals surface area contributed by atoms with Crippen molar-refractivity contribution in [3.8, 4) is 5.69 Å². The van der Waals surface area contributed by atoms with Crippen molar-refractivity contribution in [2.24, 2.45) is 0 Å². The van der Waals surface area contributed by atoms with Crippen LogP contribution in [0.15, 0.2) is 52.3 Å². The van der Waals surface area contributed by atoms with E-state index in [4.69, 9.17) is 4.52 Å². The topological polar surface area (TPSA) is 80.8 Å². The van der Waals surface area contributed by atoms with Crippen molar-refractivity contribution in [2.75, 3.05) is 0 Å². The van der Waals surface area contributed by atoms with Crippen molar-refractivity contribution >= 4 is 11.8 Å². The molecule has 2 unspecified atom stereocenters. The van der Waals surface area contributed by atoms with E-state index in [-0.39, 0.29) is 6.04 Å². The minimum Gasteiger partial charge on any atom is -0.364 e. The summed E-state index contributed by atoms with van der Waals surface area (Å²) < 4.78 is 7.00. The molecule has 24 heavy (non-hydrogen) atoms. The van der Waals surface area contributed by atoms with E-state index < -0.39 is 0 Å². The normalized spacial score (nSPS) is 20.5.